The number of urea groups is 1. The van der Waals surface area contributed by atoms with Crippen molar-refractivity contribution in [1.29, 1.82) is 0 Å². The van der Waals surface area contributed by atoms with E-state index in [0.29, 0.717) is 6.61 Å². The molecule has 1 aliphatic rings. The second-order valence-electron chi connectivity index (χ2n) is 6.01. The maximum absolute atomic E-state index is 12.7. The summed E-state index contributed by atoms with van der Waals surface area (Å²) in [4.78, 5) is 15.8. The minimum absolute atomic E-state index is 0.0340. The Morgan fingerprint density at radius 2 is 1.92 bits per heavy atom. The minimum Gasteiger partial charge on any atom is -0.494 e. The van der Waals surface area contributed by atoms with Crippen LogP contribution in [-0.2, 0) is 0 Å². The van der Waals surface area contributed by atoms with Crippen LogP contribution in [0.25, 0.3) is 0 Å². The van der Waals surface area contributed by atoms with Crippen molar-refractivity contribution in [2.75, 3.05) is 24.7 Å². The summed E-state index contributed by atoms with van der Waals surface area (Å²) in [6.07, 6.45) is 4.06. The molecule has 0 saturated carbocycles. The van der Waals surface area contributed by atoms with Gasteiger partial charge < -0.3 is 15.0 Å². The van der Waals surface area contributed by atoms with Gasteiger partial charge in [-0.3, -0.25) is 0 Å². The predicted molar refractivity (Wildman–Crippen MR) is 104 cm³/mol. The number of carbonyl (C=O) groups is 1. The molecule has 3 rings (SSSR count). The molecule has 0 radical (unpaired) electrons. The zero-order valence-corrected chi connectivity index (χ0v) is 15.5. The van der Waals surface area contributed by atoms with Gasteiger partial charge in [-0.15, -0.1) is 11.8 Å². The summed E-state index contributed by atoms with van der Waals surface area (Å²) in [6, 6.07) is 16.1. The van der Waals surface area contributed by atoms with Crippen molar-refractivity contribution in [3.63, 3.8) is 0 Å². The van der Waals surface area contributed by atoms with Crippen molar-refractivity contribution >= 4 is 23.5 Å². The van der Waals surface area contributed by atoms with Crippen LogP contribution < -0.4 is 10.1 Å². The topological polar surface area (TPSA) is 41.6 Å². The molecule has 4 nitrogen and oxygen atoms in total. The summed E-state index contributed by atoms with van der Waals surface area (Å²) in [5.74, 6) is 0.870. The van der Waals surface area contributed by atoms with E-state index in [1.807, 2.05) is 54.5 Å². The molecule has 1 unspecified atom stereocenters. The van der Waals surface area contributed by atoms with E-state index < -0.39 is 0 Å². The van der Waals surface area contributed by atoms with Gasteiger partial charge >= 0.3 is 6.03 Å². The Morgan fingerprint density at radius 1 is 1.20 bits per heavy atom. The Balaban J connectivity index is 1.68. The molecule has 2 aromatic rings. The zero-order chi connectivity index (χ0) is 17.6. The van der Waals surface area contributed by atoms with E-state index >= 15 is 0 Å². The number of nitrogens with zero attached hydrogens (tertiary/aromatic N) is 1. The van der Waals surface area contributed by atoms with Crippen molar-refractivity contribution in [3.8, 4) is 5.75 Å². The van der Waals surface area contributed by atoms with E-state index in [9.17, 15) is 4.79 Å². The first-order chi connectivity index (χ1) is 12.2. The molecule has 25 heavy (non-hydrogen) atoms. The van der Waals surface area contributed by atoms with Crippen LogP contribution in [0.3, 0.4) is 0 Å². The fourth-order valence-corrected chi connectivity index (χ4v) is 3.59. The molecule has 0 bridgehead atoms. The van der Waals surface area contributed by atoms with Gasteiger partial charge in [-0.05, 0) is 68.0 Å². The fraction of sp³-hybridized carbons (Fsp3) is 0.350. The number of benzene rings is 2. The molecule has 1 heterocycles. The Bertz CT molecular complexity index is 701. The molecule has 5 heteroatoms. The highest BCUT2D eigenvalue weighted by atomic mass is 32.2. The molecular weight excluding hydrogens is 332 g/mol. The van der Waals surface area contributed by atoms with Crippen molar-refractivity contribution in [1.82, 2.24) is 4.90 Å². The van der Waals surface area contributed by atoms with Gasteiger partial charge in [-0.2, -0.15) is 0 Å². The first-order valence-corrected chi connectivity index (χ1v) is 9.88. The number of nitrogens with one attached hydrogen (secondary N) is 1. The van der Waals surface area contributed by atoms with E-state index in [1.165, 1.54) is 4.90 Å². The fourth-order valence-electron chi connectivity index (χ4n) is 3.18. The van der Waals surface area contributed by atoms with Gasteiger partial charge in [0.05, 0.1) is 12.6 Å². The highest BCUT2D eigenvalue weighted by molar-refractivity contribution is 7.98. The Hall–Kier alpha value is -2.14. The lowest BCUT2D eigenvalue weighted by atomic mass is 10.0. The van der Waals surface area contributed by atoms with E-state index in [4.69, 9.17) is 4.74 Å². The predicted octanol–water partition coefficient (Wildman–Crippen LogP) is 5.18. The van der Waals surface area contributed by atoms with E-state index in [1.54, 1.807) is 11.8 Å². The standard InChI is InChI=1S/C20H24N2O2S/c1-3-24-17-10-6-15(7-11-17)19-5-4-14-22(19)20(23)21-16-8-12-18(25-2)13-9-16/h6-13,19H,3-5,14H2,1-2H3,(H,21,23). The molecule has 1 N–H and O–H groups in total. The third-order valence-corrected chi connectivity index (χ3v) is 5.17. The van der Waals surface area contributed by atoms with Crippen LogP contribution in [0.2, 0.25) is 0 Å². The molecule has 1 atom stereocenters. The normalized spacial score (nSPS) is 16.7. The molecule has 2 amide bonds. The first-order valence-electron chi connectivity index (χ1n) is 8.65. The smallest absolute Gasteiger partial charge is 0.322 e. The van der Waals surface area contributed by atoms with Crippen LogP contribution in [0.1, 0.15) is 31.4 Å². The van der Waals surface area contributed by atoms with Gasteiger partial charge in [-0.1, -0.05) is 12.1 Å². The van der Waals surface area contributed by atoms with Crippen LogP contribution >= 0.6 is 11.8 Å². The van der Waals surface area contributed by atoms with Gasteiger partial charge in [0.2, 0.25) is 0 Å². The highest BCUT2D eigenvalue weighted by Gasteiger charge is 2.30. The quantitative estimate of drug-likeness (QED) is 0.751. The van der Waals surface area contributed by atoms with Crippen LogP contribution in [0.4, 0.5) is 10.5 Å². The number of hydrogen-bond acceptors (Lipinski definition) is 3. The number of thioether (sulfide) groups is 1. The van der Waals surface area contributed by atoms with Crippen LogP contribution in [0.15, 0.2) is 53.4 Å². The molecule has 0 aliphatic carbocycles. The molecule has 1 saturated heterocycles. The number of hydrogen-bond donors (Lipinski definition) is 1. The van der Waals surface area contributed by atoms with Crippen LogP contribution in [0, 0.1) is 0 Å². The Labute approximate surface area is 153 Å². The highest BCUT2D eigenvalue weighted by Crippen LogP contribution is 2.33. The molecule has 1 fully saturated rings. The third kappa shape index (κ3) is 4.28. The SMILES string of the molecule is CCOc1ccc(C2CCCN2C(=O)Nc2ccc(SC)cc2)cc1. The molecule has 2 aromatic carbocycles. The average Bonchev–Trinajstić information content (AvgIpc) is 3.13. The summed E-state index contributed by atoms with van der Waals surface area (Å²) >= 11 is 1.69. The van der Waals surface area contributed by atoms with Crippen LogP contribution in [-0.4, -0.2) is 30.3 Å². The Kier molecular flexibility index (Phi) is 5.87. The second-order valence-corrected chi connectivity index (χ2v) is 6.89. The maximum Gasteiger partial charge on any atom is 0.322 e. The first kappa shape index (κ1) is 17.7. The number of carbonyl (C=O) groups excluding carboxylic acids is 1. The average molecular weight is 356 g/mol. The van der Waals surface area contributed by atoms with Crippen LogP contribution in [0.5, 0.6) is 5.75 Å². The largest absolute Gasteiger partial charge is 0.494 e. The van der Waals surface area contributed by atoms with Crippen molar-refractivity contribution < 1.29 is 9.53 Å². The summed E-state index contributed by atoms with van der Waals surface area (Å²) in [7, 11) is 0. The van der Waals surface area contributed by atoms with Gasteiger partial charge in [0.25, 0.3) is 0 Å². The summed E-state index contributed by atoms with van der Waals surface area (Å²) < 4.78 is 5.50. The van der Waals surface area contributed by atoms with Gasteiger partial charge in [0, 0.05) is 17.1 Å². The van der Waals surface area contributed by atoms with E-state index in [-0.39, 0.29) is 12.1 Å². The Morgan fingerprint density at radius 3 is 2.56 bits per heavy atom. The maximum atomic E-state index is 12.7. The van der Waals surface area contributed by atoms with Crippen molar-refractivity contribution in [3.05, 3.63) is 54.1 Å². The summed E-state index contributed by atoms with van der Waals surface area (Å²) in [5.41, 5.74) is 1.99. The second kappa shape index (κ2) is 8.30. The lowest BCUT2D eigenvalue weighted by Crippen LogP contribution is -2.34. The molecule has 0 spiro atoms. The molecule has 0 aromatic heterocycles. The summed E-state index contributed by atoms with van der Waals surface area (Å²) in [5, 5.41) is 3.02. The number of rotatable bonds is 5. The molecule has 1 aliphatic heterocycles. The monoisotopic (exact) mass is 356 g/mol. The molecular formula is C20H24N2O2S. The zero-order valence-electron chi connectivity index (χ0n) is 14.7. The van der Waals surface area contributed by atoms with Gasteiger partial charge in [0.15, 0.2) is 0 Å². The number of likely N-dealkylation sites (tertiary alicyclic amines) is 1. The van der Waals surface area contributed by atoms with E-state index in [2.05, 4.69) is 17.4 Å². The number of ether oxygens (including phenoxy) is 1. The molecule has 132 valence electrons. The number of anilines is 1. The van der Waals surface area contributed by atoms with E-state index in [0.717, 1.165) is 36.4 Å². The van der Waals surface area contributed by atoms with Crippen molar-refractivity contribution in [2.45, 2.75) is 30.7 Å². The van der Waals surface area contributed by atoms with Gasteiger partial charge in [0.1, 0.15) is 5.75 Å². The van der Waals surface area contributed by atoms with Gasteiger partial charge in [-0.25, -0.2) is 4.79 Å². The lowest BCUT2D eigenvalue weighted by molar-refractivity contribution is 0.207. The van der Waals surface area contributed by atoms with Crippen molar-refractivity contribution in [2.24, 2.45) is 0 Å². The minimum atomic E-state index is -0.0340. The lowest BCUT2D eigenvalue weighted by Gasteiger charge is -2.25. The third-order valence-electron chi connectivity index (χ3n) is 4.43. The summed E-state index contributed by atoms with van der Waals surface area (Å²) in [6.45, 7) is 3.42. The number of amides is 2.